The van der Waals surface area contributed by atoms with Crippen LogP contribution in [0.25, 0.3) is 5.76 Å². The van der Waals surface area contributed by atoms with Crippen LogP contribution >= 0.6 is 11.3 Å². The molecule has 0 aliphatic carbocycles. The maximum Gasteiger partial charge on any atom is 0.300 e. The molecule has 1 aliphatic rings. The maximum absolute atomic E-state index is 13.3. The second-order valence-electron chi connectivity index (χ2n) is 7.41. The summed E-state index contributed by atoms with van der Waals surface area (Å²) < 4.78 is 16.6. The van der Waals surface area contributed by atoms with Crippen LogP contribution in [0.5, 0.6) is 17.2 Å². The molecule has 0 spiro atoms. The number of ether oxygens (including phenoxy) is 3. The summed E-state index contributed by atoms with van der Waals surface area (Å²) in [7, 11) is 1.53. The number of carbonyl (C=O) groups excluding carboxylic acids is 2. The number of anilines is 1. The molecule has 176 valence electrons. The highest BCUT2D eigenvalue weighted by atomic mass is 32.1. The summed E-state index contributed by atoms with van der Waals surface area (Å²) in [6, 6.07) is 14.8. The van der Waals surface area contributed by atoms with Crippen LogP contribution in [-0.4, -0.2) is 37.1 Å². The third-order valence-corrected chi connectivity index (χ3v) is 6.33. The van der Waals surface area contributed by atoms with E-state index in [2.05, 4.69) is 0 Å². The van der Waals surface area contributed by atoms with Gasteiger partial charge in [-0.05, 0) is 49.6 Å². The first-order valence-electron chi connectivity index (χ1n) is 10.9. The van der Waals surface area contributed by atoms with Crippen molar-refractivity contribution in [2.45, 2.75) is 19.9 Å². The summed E-state index contributed by atoms with van der Waals surface area (Å²) in [6.45, 7) is 4.52. The minimum atomic E-state index is -0.798. The maximum atomic E-state index is 13.3. The van der Waals surface area contributed by atoms with Crippen LogP contribution in [0.3, 0.4) is 0 Å². The zero-order chi connectivity index (χ0) is 24.2. The van der Waals surface area contributed by atoms with E-state index in [1.807, 2.05) is 31.4 Å². The SMILES string of the molecule is CCOc1ccc(/C(O)=C2/C(=O)C(=O)N(c3cccc(OC)c3)C2c2cccs2)c(OCC)c1. The average Bonchev–Trinajstić information content (AvgIpc) is 3.46. The Kier molecular flexibility index (Phi) is 6.88. The molecule has 3 aromatic rings. The number of rotatable bonds is 8. The third-order valence-electron chi connectivity index (χ3n) is 5.41. The molecule has 0 bridgehead atoms. The number of benzene rings is 2. The smallest absolute Gasteiger partial charge is 0.300 e. The van der Waals surface area contributed by atoms with E-state index < -0.39 is 17.7 Å². The zero-order valence-electron chi connectivity index (χ0n) is 19.1. The lowest BCUT2D eigenvalue weighted by atomic mass is 9.99. The monoisotopic (exact) mass is 479 g/mol. The fraction of sp³-hybridized carbons (Fsp3) is 0.231. The molecule has 1 aliphatic heterocycles. The Morgan fingerprint density at radius 1 is 1.00 bits per heavy atom. The van der Waals surface area contributed by atoms with Gasteiger partial charge in [0.1, 0.15) is 29.0 Å². The summed E-state index contributed by atoms with van der Waals surface area (Å²) in [4.78, 5) is 28.7. The van der Waals surface area contributed by atoms with E-state index in [1.54, 1.807) is 42.5 Å². The van der Waals surface area contributed by atoms with Crippen LogP contribution < -0.4 is 19.1 Å². The van der Waals surface area contributed by atoms with E-state index >= 15 is 0 Å². The van der Waals surface area contributed by atoms with Gasteiger partial charge in [0.2, 0.25) is 0 Å². The summed E-state index contributed by atoms with van der Waals surface area (Å²) in [6.07, 6.45) is 0. The second kappa shape index (κ2) is 10.0. The van der Waals surface area contributed by atoms with Gasteiger partial charge >= 0.3 is 0 Å². The molecule has 1 amide bonds. The highest BCUT2D eigenvalue weighted by Gasteiger charge is 2.47. The van der Waals surface area contributed by atoms with Gasteiger partial charge in [0.25, 0.3) is 11.7 Å². The topological polar surface area (TPSA) is 85.3 Å². The normalized spacial score (nSPS) is 17.1. The van der Waals surface area contributed by atoms with Gasteiger partial charge in [-0.25, -0.2) is 0 Å². The number of Topliss-reactive ketones (excluding diaryl/α,β-unsaturated/α-hetero) is 1. The number of carbonyl (C=O) groups is 2. The number of aliphatic hydroxyl groups is 1. The van der Waals surface area contributed by atoms with Crippen molar-refractivity contribution in [3.05, 3.63) is 76.0 Å². The molecule has 1 aromatic heterocycles. The average molecular weight is 480 g/mol. The van der Waals surface area contributed by atoms with E-state index in [4.69, 9.17) is 14.2 Å². The molecular formula is C26H25NO6S. The van der Waals surface area contributed by atoms with Crippen molar-refractivity contribution in [2.75, 3.05) is 25.2 Å². The first-order chi connectivity index (χ1) is 16.5. The Hall–Kier alpha value is -3.78. The van der Waals surface area contributed by atoms with Crippen LogP contribution in [0.15, 0.2) is 65.6 Å². The Balaban J connectivity index is 1.91. The number of hydrogen-bond acceptors (Lipinski definition) is 7. The molecule has 2 heterocycles. The minimum absolute atomic E-state index is 0.000354. The largest absolute Gasteiger partial charge is 0.507 e. The van der Waals surface area contributed by atoms with Gasteiger partial charge in [-0.3, -0.25) is 14.5 Å². The molecule has 1 atom stereocenters. The number of thiophene rings is 1. The fourth-order valence-corrected chi connectivity index (χ4v) is 4.77. The minimum Gasteiger partial charge on any atom is -0.507 e. The molecule has 1 fully saturated rings. The Morgan fingerprint density at radius 3 is 2.47 bits per heavy atom. The Labute approximate surface area is 201 Å². The first kappa shape index (κ1) is 23.4. The van der Waals surface area contributed by atoms with Crippen LogP contribution in [0, 0.1) is 0 Å². The summed E-state index contributed by atoms with van der Waals surface area (Å²) in [5, 5.41) is 13.3. The van der Waals surface area contributed by atoms with E-state index in [0.717, 1.165) is 4.88 Å². The fourth-order valence-electron chi connectivity index (χ4n) is 3.95. The number of aliphatic hydroxyl groups excluding tert-OH is 1. The predicted octanol–water partition coefficient (Wildman–Crippen LogP) is 5.18. The molecule has 34 heavy (non-hydrogen) atoms. The van der Waals surface area contributed by atoms with Gasteiger partial charge in [-0.15, -0.1) is 11.3 Å². The molecule has 4 rings (SSSR count). The van der Waals surface area contributed by atoms with Crippen LogP contribution in [0.2, 0.25) is 0 Å². The van der Waals surface area contributed by atoms with Crippen LogP contribution in [-0.2, 0) is 9.59 Å². The van der Waals surface area contributed by atoms with Gasteiger partial charge in [0.05, 0.1) is 31.5 Å². The second-order valence-corrected chi connectivity index (χ2v) is 8.39. The summed E-state index contributed by atoms with van der Waals surface area (Å²) in [5.74, 6) is -0.298. The highest BCUT2D eigenvalue weighted by Crippen LogP contribution is 2.45. The molecule has 8 heteroatoms. The van der Waals surface area contributed by atoms with Crippen molar-refractivity contribution in [3.8, 4) is 17.2 Å². The Bertz CT molecular complexity index is 1230. The lowest BCUT2D eigenvalue weighted by Gasteiger charge is -2.24. The molecule has 1 N–H and O–H groups in total. The number of nitrogens with zero attached hydrogens (tertiary/aromatic N) is 1. The molecule has 1 unspecified atom stereocenters. The number of methoxy groups -OCH3 is 1. The molecule has 0 saturated carbocycles. The van der Waals surface area contributed by atoms with Gasteiger partial charge in [-0.2, -0.15) is 0 Å². The summed E-state index contributed by atoms with van der Waals surface area (Å²) in [5.41, 5.74) is 0.812. The molecular weight excluding hydrogens is 454 g/mol. The van der Waals surface area contributed by atoms with E-state index in [9.17, 15) is 14.7 Å². The molecule has 7 nitrogen and oxygen atoms in total. The van der Waals surface area contributed by atoms with Crippen LogP contribution in [0.1, 0.15) is 30.3 Å². The van der Waals surface area contributed by atoms with Gasteiger partial charge in [0, 0.05) is 22.7 Å². The highest BCUT2D eigenvalue weighted by molar-refractivity contribution is 7.10. The predicted molar refractivity (Wildman–Crippen MR) is 131 cm³/mol. The quantitative estimate of drug-likeness (QED) is 0.272. The zero-order valence-corrected chi connectivity index (χ0v) is 19.9. The van der Waals surface area contributed by atoms with Gasteiger partial charge in [0.15, 0.2) is 0 Å². The van der Waals surface area contributed by atoms with Gasteiger partial charge in [-0.1, -0.05) is 12.1 Å². The van der Waals surface area contributed by atoms with Crippen molar-refractivity contribution in [3.63, 3.8) is 0 Å². The van der Waals surface area contributed by atoms with Crippen LogP contribution in [0.4, 0.5) is 5.69 Å². The van der Waals surface area contributed by atoms with Crippen molar-refractivity contribution < 1.29 is 28.9 Å². The third kappa shape index (κ3) is 4.24. The van der Waals surface area contributed by atoms with Gasteiger partial charge < -0.3 is 19.3 Å². The van der Waals surface area contributed by atoms with E-state index in [-0.39, 0.29) is 11.3 Å². The number of amides is 1. The van der Waals surface area contributed by atoms with E-state index in [0.29, 0.717) is 41.7 Å². The summed E-state index contributed by atoms with van der Waals surface area (Å²) >= 11 is 1.40. The van der Waals surface area contributed by atoms with Crippen molar-refractivity contribution in [1.82, 2.24) is 0 Å². The van der Waals surface area contributed by atoms with Crippen molar-refractivity contribution in [2.24, 2.45) is 0 Å². The number of hydrogen-bond donors (Lipinski definition) is 1. The number of ketones is 1. The standard InChI is InChI=1S/C26H25NO6S/c1-4-32-18-11-12-19(20(15-18)33-5-2)24(28)22-23(21-10-7-13-34-21)27(26(30)25(22)29)16-8-6-9-17(14-16)31-3/h6-15,23,28H,4-5H2,1-3H3/b24-22-. The van der Waals surface area contributed by atoms with Crippen molar-refractivity contribution in [1.29, 1.82) is 0 Å². The molecule has 2 aromatic carbocycles. The molecule has 1 saturated heterocycles. The Morgan fingerprint density at radius 2 is 1.79 bits per heavy atom. The molecule has 0 radical (unpaired) electrons. The van der Waals surface area contributed by atoms with Crippen molar-refractivity contribution >= 4 is 34.5 Å². The lowest BCUT2D eigenvalue weighted by Crippen LogP contribution is -2.29. The van der Waals surface area contributed by atoms with E-state index in [1.165, 1.54) is 23.3 Å². The first-order valence-corrected chi connectivity index (χ1v) is 11.8. The lowest BCUT2D eigenvalue weighted by molar-refractivity contribution is -0.132.